The number of nitrogens with zero attached hydrogens (tertiary/aromatic N) is 1. The number of carbonyl (C=O) groups is 1. The van der Waals surface area contributed by atoms with Crippen LogP contribution in [0.5, 0.6) is 0 Å². The zero-order chi connectivity index (χ0) is 12.6. The third kappa shape index (κ3) is 12.4. The van der Waals surface area contributed by atoms with Crippen molar-refractivity contribution < 1.29 is 9.53 Å². The Hall–Kier alpha value is -0.0700. The van der Waals surface area contributed by atoms with Gasteiger partial charge in [-0.25, -0.2) is 0 Å². The van der Waals surface area contributed by atoms with E-state index in [9.17, 15) is 4.79 Å². The standard InChI is InChI=1S/C11H25N3O2.2ClH/c1-5-16-10(6-7-14(3)4)8-13-11(15)9(2)12;;/h9-10H,5-8,12H2,1-4H3,(H,13,15);2*1H. The maximum Gasteiger partial charge on any atom is 0.236 e. The molecule has 112 valence electrons. The fourth-order valence-corrected chi connectivity index (χ4v) is 1.26. The summed E-state index contributed by atoms with van der Waals surface area (Å²) in [5.74, 6) is -0.130. The summed E-state index contributed by atoms with van der Waals surface area (Å²) in [5.41, 5.74) is 5.46. The lowest BCUT2D eigenvalue weighted by Gasteiger charge is -2.20. The Morgan fingerprint density at radius 3 is 2.33 bits per heavy atom. The molecule has 0 bridgehead atoms. The maximum absolute atomic E-state index is 11.3. The van der Waals surface area contributed by atoms with Gasteiger partial charge in [-0.2, -0.15) is 0 Å². The molecule has 0 saturated heterocycles. The predicted octanol–water partition coefficient (Wildman–Crippen LogP) is 0.650. The molecule has 0 rings (SSSR count). The fourth-order valence-electron chi connectivity index (χ4n) is 1.26. The Bertz CT molecular complexity index is 205. The summed E-state index contributed by atoms with van der Waals surface area (Å²) in [6.07, 6.45) is 0.968. The van der Waals surface area contributed by atoms with Gasteiger partial charge in [-0.15, -0.1) is 24.8 Å². The van der Waals surface area contributed by atoms with Crippen LogP contribution in [0.1, 0.15) is 20.3 Å². The molecule has 0 aliphatic rings. The highest BCUT2D eigenvalue weighted by molar-refractivity contribution is 5.85. The molecule has 0 spiro atoms. The first kappa shape index (κ1) is 23.1. The van der Waals surface area contributed by atoms with Gasteiger partial charge in [0.15, 0.2) is 0 Å². The lowest BCUT2D eigenvalue weighted by atomic mass is 10.2. The summed E-state index contributed by atoms with van der Waals surface area (Å²) >= 11 is 0. The van der Waals surface area contributed by atoms with E-state index in [0.29, 0.717) is 13.2 Å². The number of rotatable bonds is 8. The van der Waals surface area contributed by atoms with Gasteiger partial charge in [-0.1, -0.05) is 0 Å². The van der Waals surface area contributed by atoms with Crippen LogP contribution in [0.2, 0.25) is 0 Å². The van der Waals surface area contributed by atoms with Crippen LogP contribution in [0.4, 0.5) is 0 Å². The molecule has 1 amide bonds. The number of halogens is 2. The van der Waals surface area contributed by atoms with Crippen molar-refractivity contribution >= 4 is 30.7 Å². The van der Waals surface area contributed by atoms with Gasteiger partial charge in [0.2, 0.25) is 5.91 Å². The van der Waals surface area contributed by atoms with E-state index in [1.165, 1.54) is 0 Å². The third-order valence-electron chi connectivity index (χ3n) is 2.22. The van der Waals surface area contributed by atoms with E-state index >= 15 is 0 Å². The number of amides is 1. The quantitative estimate of drug-likeness (QED) is 0.691. The second kappa shape index (κ2) is 13.4. The van der Waals surface area contributed by atoms with Gasteiger partial charge in [0, 0.05) is 19.7 Å². The summed E-state index contributed by atoms with van der Waals surface area (Å²) in [4.78, 5) is 13.4. The average molecular weight is 304 g/mol. The largest absolute Gasteiger partial charge is 0.377 e. The maximum atomic E-state index is 11.3. The number of hydrogen-bond acceptors (Lipinski definition) is 4. The normalized spacial score (nSPS) is 13.2. The average Bonchev–Trinajstić information content (AvgIpc) is 2.21. The minimum atomic E-state index is -0.462. The molecular formula is C11H27Cl2N3O2. The fraction of sp³-hybridized carbons (Fsp3) is 0.909. The summed E-state index contributed by atoms with van der Waals surface area (Å²) in [6.45, 7) is 5.76. The predicted molar refractivity (Wildman–Crippen MR) is 79.7 cm³/mol. The third-order valence-corrected chi connectivity index (χ3v) is 2.22. The Morgan fingerprint density at radius 1 is 1.39 bits per heavy atom. The summed E-state index contributed by atoms with van der Waals surface area (Å²) in [5, 5.41) is 2.78. The molecule has 0 aliphatic carbocycles. The molecule has 0 aromatic carbocycles. The van der Waals surface area contributed by atoms with Crippen LogP contribution in [0.15, 0.2) is 0 Å². The zero-order valence-electron chi connectivity index (χ0n) is 11.6. The number of hydrogen-bond donors (Lipinski definition) is 2. The molecule has 0 heterocycles. The van der Waals surface area contributed by atoms with Gasteiger partial charge >= 0.3 is 0 Å². The highest BCUT2D eigenvalue weighted by Gasteiger charge is 2.12. The first-order chi connectivity index (χ1) is 7.47. The van der Waals surface area contributed by atoms with Gasteiger partial charge in [0.25, 0.3) is 0 Å². The van der Waals surface area contributed by atoms with E-state index in [-0.39, 0.29) is 36.8 Å². The van der Waals surface area contributed by atoms with Crippen LogP contribution < -0.4 is 11.1 Å². The van der Waals surface area contributed by atoms with Gasteiger partial charge in [-0.05, 0) is 34.4 Å². The minimum absolute atomic E-state index is 0. The molecule has 0 fully saturated rings. The van der Waals surface area contributed by atoms with Crippen LogP contribution in [-0.4, -0.2) is 56.7 Å². The Balaban J connectivity index is -0.00000112. The van der Waals surface area contributed by atoms with Crippen molar-refractivity contribution in [3.8, 4) is 0 Å². The Kier molecular flexibility index (Phi) is 17.1. The lowest BCUT2D eigenvalue weighted by molar-refractivity contribution is -0.122. The molecule has 7 heteroatoms. The van der Waals surface area contributed by atoms with Crippen molar-refractivity contribution in [3.63, 3.8) is 0 Å². The molecule has 0 saturated carbocycles. The van der Waals surface area contributed by atoms with E-state index in [4.69, 9.17) is 10.5 Å². The molecule has 0 aliphatic heterocycles. The van der Waals surface area contributed by atoms with Crippen LogP contribution in [-0.2, 0) is 9.53 Å². The second-order valence-electron chi connectivity index (χ2n) is 4.20. The zero-order valence-corrected chi connectivity index (χ0v) is 13.3. The number of nitrogens with one attached hydrogen (secondary N) is 1. The molecular weight excluding hydrogens is 277 g/mol. The molecule has 2 atom stereocenters. The van der Waals surface area contributed by atoms with E-state index in [1.54, 1.807) is 6.92 Å². The van der Waals surface area contributed by atoms with E-state index in [2.05, 4.69) is 10.2 Å². The molecule has 3 N–H and O–H groups in total. The van der Waals surface area contributed by atoms with E-state index < -0.39 is 6.04 Å². The van der Waals surface area contributed by atoms with Crippen molar-refractivity contribution in [2.24, 2.45) is 5.73 Å². The summed E-state index contributed by atoms with van der Waals surface area (Å²) < 4.78 is 5.54. The van der Waals surface area contributed by atoms with Crippen LogP contribution in [0.25, 0.3) is 0 Å². The Labute approximate surface area is 123 Å². The number of ether oxygens (including phenoxy) is 1. The minimum Gasteiger partial charge on any atom is -0.377 e. The molecule has 5 nitrogen and oxygen atoms in total. The molecule has 0 aromatic rings. The molecule has 0 aromatic heterocycles. The lowest BCUT2D eigenvalue weighted by Crippen LogP contribution is -2.42. The van der Waals surface area contributed by atoms with Crippen molar-refractivity contribution in [3.05, 3.63) is 0 Å². The molecule has 2 unspecified atom stereocenters. The van der Waals surface area contributed by atoms with Crippen LogP contribution in [0, 0.1) is 0 Å². The van der Waals surface area contributed by atoms with Crippen LogP contribution in [0.3, 0.4) is 0 Å². The van der Waals surface area contributed by atoms with Gasteiger partial charge < -0.3 is 20.7 Å². The van der Waals surface area contributed by atoms with Crippen molar-refractivity contribution in [2.45, 2.75) is 32.4 Å². The second-order valence-corrected chi connectivity index (χ2v) is 4.20. The van der Waals surface area contributed by atoms with Crippen molar-refractivity contribution in [2.75, 3.05) is 33.8 Å². The van der Waals surface area contributed by atoms with Crippen LogP contribution >= 0.6 is 24.8 Å². The topological polar surface area (TPSA) is 67.6 Å². The highest BCUT2D eigenvalue weighted by Crippen LogP contribution is 1.98. The summed E-state index contributed by atoms with van der Waals surface area (Å²) in [6, 6.07) is -0.462. The summed E-state index contributed by atoms with van der Waals surface area (Å²) in [7, 11) is 4.03. The monoisotopic (exact) mass is 303 g/mol. The Morgan fingerprint density at radius 2 is 1.94 bits per heavy atom. The van der Waals surface area contributed by atoms with Crippen molar-refractivity contribution in [1.29, 1.82) is 0 Å². The number of nitrogens with two attached hydrogens (primary N) is 1. The van der Waals surface area contributed by atoms with E-state index in [0.717, 1.165) is 13.0 Å². The molecule has 18 heavy (non-hydrogen) atoms. The smallest absolute Gasteiger partial charge is 0.236 e. The van der Waals surface area contributed by atoms with Gasteiger partial charge in [0.1, 0.15) is 0 Å². The van der Waals surface area contributed by atoms with E-state index in [1.807, 2.05) is 21.0 Å². The van der Waals surface area contributed by atoms with Gasteiger partial charge in [0.05, 0.1) is 12.1 Å². The highest BCUT2D eigenvalue weighted by atomic mass is 35.5. The van der Waals surface area contributed by atoms with Gasteiger partial charge in [-0.3, -0.25) is 4.79 Å². The molecule has 0 radical (unpaired) electrons. The SMILES string of the molecule is CCOC(CCN(C)C)CNC(=O)C(C)N.Cl.Cl. The first-order valence-corrected chi connectivity index (χ1v) is 5.77. The number of carbonyl (C=O) groups excluding carboxylic acids is 1. The first-order valence-electron chi connectivity index (χ1n) is 5.77. The van der Waals surface area contributed by atoms with Crippen molar-refractivity contribution in [1.82, 2.24) is 10.2 Å².